The lowest BCUT2D eigenvalue weighted by Gasteiger charge is -2.25. The van der Waals surface area contributed by atoms with Gasteiger partial charge in [-0.05, 0) is 50.1 Å². The Morgan fingerprint density at radius 1 is 1.38 bits per heavy atom. The Morgan fingerprint density at radius 2 is 2.17 bits per heavy atom. The SMILES string of the molecule is C=CCOC[C@H](O)CN(CCC(C)C)Cc1nc2sc3c(c2c(=O)[nH]1)CCCC3. The fraction of sp³-hybridized carbons (Fsp3) is 0.636. The van der Waals surface area contributed by atoms with E-state index in [1.165, 1.54) is 16.9 Å². The van der Waals surface area contributed by atoms with Crippen LogP contribution in [0.3, 0.4) is 0 Å². The first-order valence-electron chi connectivity index (χ1n) is 10.6. The minimum atomic E-state index is -0.591. The molecule has 6 nitrogen and oxygen atoms in total. The zero-order valence-corrected chi connectivity index (χ0v) is 18.4. The Kier molecular flexibility index (Phi) is 8.00. The van der Waals surface area contributed by atoms with Crippen molar-refractivity contribution in [3.05, 3.63) is 39.3 Å². The molecule has 0 radical (unpaired) electrons. The maximum atomic E-state index is 12.8. The number of H-pyrrole nitrogens is 1. The third kappa shape index (κ3) is 5.98. The van der Waals surface area contributed by atoms with Crippen molar-refractivity contribution in [1.82, 2.24) is 14.9 Å². The molecule has 2 aromatic rings. The Labute approximate surface area is 176 Å². The molecular formula is C22H33N3O3S. The minimum Gasteiger partial charge on any atom is -0.389 e. The summed E-state index contributed by atoms with van der Waals surface area (Å²) in [6.45, 7) is 10.5. The molecule has 2 heterocycles. The highest BCUT2D eigenvalue weighted by Crippen LogP contribution is 2.33. The molecule has 0 amide bonds. The molecule has 0 aromatic carbocycles. The predicted octanol–water partition coefficient (Wildman–Crippen LogP) is 3.28. The molecule has 0 aliphatic heterocycles. The molecule has 7 heteroatoms. The number of nitrogens with zero attached hydrogens (tertiary/aromatic N) is 2. The van der Waals surface area contributed by atoms with Crippen LogP contribution in [0, 0.1) is 5.92 Å². The molecule has 1 aliphatic carbocycles. The highest BCUT2D eigenvalue weighted by atomic mass is 32.1. The van der Waals surface area contributed by atoms with Crippen LogP contribution < -0.4 is 5.56 Å². The molecule has 0 saturated carbocycles. The van der Waals surface area contributed by atoms with Crippen LogP contribution in [0.15, 0.2) is 17.4 Å². The lowest BCUT2D eigenvalue weighted by atomic mass is 9.97. The zero-order valence-electron chi connectivity index (χ0n) is 17.6. The second-order valence-corrected chi connectivity index (χ2v) is 9.38. The molecule has 0 spiro atoms. The summed E-state index contributed by atoms with van der Waals surface area (Å²) in [5, 5.41) is 11.1. The molecule has 160 valence electrons. The number of rotatable bonds is 11. The third-order valence-corrected chi connectivity index (χ3v) is 6.47. The first-order valence-corrected chi connectivity index (χ1v) is 11.4. The summed E-state index contributed by atoms with van der Waals surface area (Å²) in [4.78, 5) is 24.9. The zero-order chi connectivity index (χ0) is 20.8. The predicted molar refractivity (Wildman–Crippen MR) is 119 cm³/mol. The van der Waals surface area contributed by atoms with Crippen molar-refractivity contribution in [1.29, 1.82) is 0 Å². The maximum Gasteiger partial charge on any atom is 0.259 e. The fourth-order valence-electron chi connectivity index (χ4n) is 3.81. The average molecular weight is 420 g/mol. The minimum absolute atomic E-state index is 0.0249. The number of aromatic nitrogens is 2. The monoisotopic (exact) mass is 419 g/mol. The van der Waals surface area contributed by atoms with Crippen molar-refractivity contribution < 1.29 is 9.84 Å². The van der Waals surface area contributed by atoms with E-state index in [0.717, 1.165) is 42.4 Å². The van der Waals surface area contributed by atoms with E-state index >= 15 is 0 Å². The molecule has 0 unspecified atom stereocenters. The number of aliphatic hydroxyl groups is 1. The van der Waals surface area contributed by atoms with Crippen molar-refractivity contribution in [3.63, 3.8) is 0 Å². The molecule has 0 fully saturated rings. The quantitative estimate of drug-likeness (QED) is 0.432. The summed E-state index contributed by atoms with van der Waals surface area (Å²) < 4.78 is 5.38. The van der Waals surface area contributed by atoms with Gasteiger partial charge in [0, 0.05) is 11.4 Å². The maximum absolute atomic E-state index is 12.8. The van der Waals surface area contributed by atoms with Gasteiger partial charge in [0.05, 0.1) is 31.2 Å². The summed E-state index contributed by atoms with van der Waals surface area (Å²) in [6, 6.07) is 0. The lowest BCUT2D eigenvalue weighted by Crippen LogP contribution is -2.36. The molecule has 2 N–H and O–H groups in total. The van der Waals surface area contributed by atoms with E-state index in [4.69, 9.17) is 9.72 Å². The number of nitrogens with one attached hydrogen (secondary N) is 1. The summed E-state index contributed by atoms with van der Waals surface area (Å²) in [7, 11) is 0. The van der Waals surface area contributed by atoms with Gasteiger partial charge >= 0.3 is 0 Å². The van der Waals surface area contributed by atoms with Crippen LogP contribution in [-0.2, 0) is 24.1 Å². The molecule has 2 aromatic heterocycles. The Morgan fingerprint density at radius 3 is 2.93 bits per heavy atom. The third-order valence-electron chi connectivity index (χ3n) is 5.29. The van der Waals surface area contributed by atoms with Crippen LogP contribution in [0.2, 0.25) is 0 Å². The van der Waals surface area contributed by atoms with Gasteiger partial charge in [-0.1, -0.05) is 19.9 Å². The van der Waals surface area contributed by atoms with E-state index in [2.05, 4.69) is 30.3 Å². The average Bonchev–Trinajstić information content (AvgIpc) is 3.05. The molecule has 1 aliphatic rings. The van der Waals surface area contributed by atoms with E-state index in [1.54, 1.807) is 17.4 Å². The van der Waals surface area contributed by atoms with E-state index in [0.29, 0.717) is 31.4 Å². The highest BCUT2D eigenvalue weighted by molar-refractivity contribution is 7.18. The van der Waals surface area contributed by atoms with Crippen LogP contribution in [0.5, 0.6) is 0 Å². The van der Waals surface area contributed by atoms with Crippen molar-refractivity contribution in [2.24, 2.45) is 5.92 Å². The van der Waals surface area contributed by atoms with Gasteiger partial charge in [-0.25, -0.2) is 4.98 Å². The smallest absolute Gasteiger partial charge is 0.259 e. The lowest BCUT2D eigenvalue weighted by molar-refractivity contribution is 0.0232. The van der Waals surface area contributed by atoms with E-state index in [9.17, 15) is 9.90 Å². The summed E-state index contributed by atoms with van der Waals surface area (Å²) >= 11 is 1.67. The van der Waals surface area contributed by atoms with Gasteiger partial charge in [-0.15, -0.1) is 17.9 Å². The van der Waals surface area contributed by atoms with Gasteiger partial charge < -0.3 is 14.8 Å². The highest BCUT2D eigenvalue weighted by Gasteiger charge is 2.21. The summed E-state index contributed by atoms with van der Waals surface area (Å²) in [6.07, 6.45) is 6.48. The number of ether oxygens (including phenoxy) is 1. The van der Waals surface area contributed by atoms with Crippen LogP contribution in [0.1, 0.15) is 49.4 Å². The molecule has 0 saturated heterocycles. The van der Waals surface area contributed by atoms with Crippen LogP contribution in [0.4, 0.5) is 0 Å². The number of hydrogen-bond donors (Lipinski definition) is 2. The van der Waals surface area contributed by atoms with E-state index < -0.39 is 6.10 Å². The van der Waals surface area contributed by atoms with Gasteiger partial charge in [0.2, 0.25) is 0 Å². The molecular weight excluding hydrogens is 386 g/mol. The van der Waals surface area contributed by atoms with Crippen LogP contribution in [-0.4, -0.2) is 52.4 Å². The van der Waals surface area contributed by atoms with Gasteiger partial charge in [0.15, 0.2) is 0 Å². The Bertz CT molecular complexity index is 874. The van der Waals surface area contributed by atoms with Crippen molar-refractivity contribution >= 4 is 21.6 Å². The Balaban J connectivity index is 1.75. The van der Waals surface area contributed by atoms with Crippen molar-refractivity contribution in [2.45, 2.75) is 58.6 Å². The van der Waals surface area contributed by atoms with E-state index in [-0.39, 0.29) is 12.2 Å². The first kappa shape index (κ1) is 22.2. The van der Waals surface area contributed by atoms with Gasteiger partial charge in [0.25, 0.3) is 5.56 Å². The standard InChI is InChI=1S/C22H33N3O3S/c1-4-11-28-14-16(26)12-25(10-9-15(2)3)13-19-23-21(27)20-17-7-5-6-8-18(17)29-22(20)24-19/h4,15-16,26H,1,5-14H2,2-3H3,(H,23,24,27)/t16-/m1/s1. The second kappa shape index (κ2) is 10.5. The van der Waals surface area contributed by atoms with Gasteiger partial charge in [-0.3, -0.25) is 9.69 Å². The Hall–Kier alpha value is -1.54. The number of aryl methyl sites for hydroxylation is 2. The van der Waals surface area contributed by atoms with E-state index in [1.807, 2.05) is 0 Å². The first-order chi connectivity index (χ1) is 14.0. The molecule has 29 heavy (non-hydrogen) atoms. The largest absolute Gasteiger partial charge is 0.389 e. The van der Waals surface area contributed by atoms with Crippen LogP contribution in [0.25, 0.3) is 10.2 Å². The normalized spacial score (nSPS) is 15.2. The molecule has 1 atom stereocenters. The number of aromatic amines is 1. The number of thiophene rings is 1. The van der Waals surface area contributed by atoms with Crippen molar-refractivity contribution in [3.8, 4) is 0 Å². The number of hydrogen-bond acceptors (Lipinski definition) is 6. The second-order valence-electron chi connectivity index (χ2n) is 8.30. The van der Waals surface area contributed by atoms with Crippen LogP contribution >= 0.6 is 11.3 Å². The molecule has 3 rings (SSSR count). The van der Waals surface area contributed by atoms with Crippen molar-refractivity contribution in [2.75, 3.05) is 26.3 Å². The summed E-state index contributed by atoms with van der Waals surface area (Å²) in [5.41, 5.74) is 1.19. The van der Waals surface area contributed by atoms with Gasteiger partial charge in [-0.2, -0.15) is 0 Å². The fourth-order valence-corrected chi connectivity index (χ4v) is 5.09. The number of fused-ring (bicyclic) bond motifs is 3. The summed E-state index contributed by atoms with van der Waals surface area (Å²) in [5.74, 6) is 1.23. The molecule has 0 bridgehead atoms. The van der Waals surface area contributed by atoms with Gasteiger partial charge in [0.1, 0.15) is 10.7 Å². The topological polar surface area (TPSA) is 78.5 Å². The number of aliphatic hydroxyl groups excluding tert-OH is 1.